The van der Waals surface area contributed by atoms with Gasteiger partial charge in [-0.2, -0.15) is 0 Å². The average molecular weight is 817 g/mol. The predicted molar refractivity (Wildman–Crippen MR) is 230 cm³/mol. The van der Waals surface area contributed by atoms with Gasteiger partial charge in [-0.05, 0) is 52.6 Å². The molecule has 0 bridgehead atoms. The molecular weight excluding hydrogens is 759 g/mol. The molecule has 60 heavy (non-hydrogen) atoms. The number of alkyl carbamates (subject to hydrolysis) is 1. The van der Waals surface area contributed by atoms with Crippen molar-refractivity contribution in [1.29, 1.82) is 0 Å². The number of amides is 4. The van der Waals surface area contributed by atoms with Crippen molar-refractivity contribution in [1.82, 2.24) is 36.1 Å². The van der Waals surface area contributed by atoms with Crippen molar-refractivity contribution in [2.45, 2.75) is 95.8 Å². The molecule has 0 radical (unpaired) electrons. The van der Waals surface area contributed by atoms with E-state index in [1.165, 1.54) is 18.1 Å². The monoisotopic (exact) mass is 816 g/mol. The number of carbonyl (C=O) groups excluding carboxylic acids is 4. The Bertz CT molecular complexity index is 2160. The molecule has 0 aliphatic carbocycles. The second kappa shape index (κ2) is 21.8. The SMILES string of the molecule is [2H]N(C(=O)OCc1ccccc1)[C@@H](Cc1cccc2ccccc12)C(=O)N[C@@H](Cc1cnc[nH]1)C(=O)N[C@@H](CC(C)C)[C@@H](O)CC(=O)NC1CCN(Cc2ccccc2)CC1. The molecule has 0 spiro atoms. The maximum atomic E-state index is 14.4. The first-order valence-corrected chi connectivity index (χ1v) is 20.8. The van der Waals surface area contributed by atoms with Crippen LogP contribution in [0.1, 0.15) is 61.9 Å². The molecule has 5 aromatic rings. The molecule has 4 atom stereocenters. The molecule has 0 saturated carbocycles. The van der Waals surface area contributed by atoms with Crippen molar-refractivity contribution < 1.29 is 30.4 Å². The van der Waals surface area contributed by atoms with Crippen LogP contribution >= 0.6 is 0 Å². The number of nitrogens with zero attached hydrogens (tertiary/aromatic N) is 2. The van der Waals surface area contributed by atoms with E-state index in [9.17, 15) is 24.3 Å². The summed E-state index contributed by atoms with van der Waals surface area (Å²) in [6.45, 7) is 6.34. The van der Waals surface area contributed by atoms with Gasteiger partial charge in [0.05, 0.1) is 24.9 Å². The second-order valence-corrected chi connectivity index (χ2v) is 16.0. The van der Waals surface area contributed by atoms with Gasteiger partial charge >= 0.3 is 6.09 Å². The first kappa shape index (κ1) is 42.1. The number of ether oxygens (including phenoxy) is 1. The Labute approximate surface area is 353 Å². The van der Waals surface area contributed by atoms with Gasteiger partial charge in [-0.3, -0.25) is 19.3 Å². The maximum absolute atomic E-state index is 14.4. The number of aliphatic hydroxyl groups excluding tert-OH is 1. The number of benzene rings is 4. The van der Waals surface area contributed by atoms with Gasteiger partial charge in [0.1, 0.15) is 18.7 Å². The van der Waals surface area contributed by atoms with Crippen LogP contribution in [0.2, 0.25) is 1.41 Å². The van der Waals surface area contributed by atoms with E-state index < -0.39 is 42.1 Å². The topological polar surface area (TPSA) is 178 Å². The number of fused-ring (bicyclic) bond motifs is 1. The molecule has 6 rings (SSSR count). The summed E-state index contributed by atoms with van der Waals surface area (Å²) >= 11 is 0. The van der Waals surface area contributed by atoms with Crippen molar-refractivity contribution in [3.63, 3.8) is 0 Å². The first-order chi connectivity index (χ1) is 29.5. The number of aromatic nitrogens is 2. The van der Waals surface area contributed by atoms with Crippen LogP contribution in [0, 0.1) is 5.92 Å². The molecule has 13 heteroatoms. The lowest BCUT2D eigenvalue weighted by Crippen LogP contribution is -2.57. The minimum Gasteiger partial charge on any atom is -0.445 e. The maximum Gasteiger partial charge on any atom is 0.408 e. The van der Waals surface area contributed by atoms with Gasteiger partial charge in [0.2, 0.25) is 17.7 Å². The summed E-state index contributed by atoms with van der Waals surface area (Å²) in [5.41, 5.74) is 3.23. The zero-order valence-corrected chi connectivity index (χ0v) is 34.3. The van der Waals surface area contributed by atoms with Gasteiger partial charge < -0.3 is 36.1 Å². The summed E-state index contributed by atoms with van der Waals surface area (Å²) in [7, 11) is 0. The van der Waals surface area contributed by atoms with Crippen LogP contribution in [0.3, 0.4) is 0 Å². The minimum absolute atomic E-state index is 0.0109. The number of nitrogens with one attached hydrogen (secondary N) is 5. The van der Waals surface area contributed by atoms with Gasteiger partial charge in [-0.1, -0.05) is 117 Å². The first-order valence-electron chi connectivity index (χ1n) is 21.2. The molecule has 316 valence electrons. The van der Waals surface area contributed by atoms with E-state index >= 15 is 0 Å². The van der Waals surface area contributed by atoms with E-state index in [1.807, 2.05) is 80.6 Å². The highest BCUT2D eigenvalue weighted by Gasteiger charge is 2.32. The Kier molecular flexibility index (Phi) is 15.3. The molecular formula is C47H57N7O6. The van der Waals surface area contributed by atoms with Crippen molar-refractivity contribution in [2.24, 2.45) is 5.92 Å². The van der Waals surface area contributed by atoms with E-state index in [4.69, 9.17) is 6.15 Å². The highest BCUT2D eigenvalue weighted by Crippen LogP contribution is 2.21. The van der Waals surface area contributed by atoms with E-state index in [1.54, 1.807) is 24.3 Å². The van der Waals surface area contributed by atoms with E-state index in [0.29, 0.717) is 23.0 Å². The molecule has 4 amide bonds. The highest BCUT2D eigenvalue weighted by molar-refractivity contribution is 5.93. The van der Waals surface area contributed by atoms with Gasteiger partial charge in [-0.25, -0.2) is 9.78 Å². The largest absolute Gasteiger partial charge is 0.445 e. The molecule has 13 nitrogen and oxygen atoms in total. The van der Waals surface area contributed by atoms with Crippen LogP contribution in [-0.4, -0.2) is 87.2 Å². The normalized spacial score (nSPS) is 15.6. The van der Waals surface area contributed by atoms with Crippen molar-refractivity contribution in [3.8, 4) is 0 Å². The van der Waals surface area contributed by atoms with Crippen molar-refractivity contribution in [3.05, 3.63) is 138 Å². The number of piperidine rings is 1. The third-order valence-electron chi connectivity index (χ3n) is 10.8. The lowest BCUT2D eigenvalue weighted by atomic mass is 9.95. The fraction of sp³-hybridized carbons (Fsp3) is 0.383. The van der Waals surface area contributed by atoms with Crippen LogP contribution in [0.5, 0.6) is 0 Å². The molecule has 1 fully saturated rings. The van der Waals surface area contributed by atoms with E-state index in [2.05, 4.69) is 43.0 Å². The number of likely N-dealkylation sites (tertiary alicyclic amines) is 1. The summed E-state index contributed by atoms with van der Waals surface area (Å²) in [6, 6.07) is 29.1. The summed E-state index contributed by atoms with van der Waals surface area (Å²) in [6.07, 6.45) is 2.41. The number of imidazole rings is 1. The number of hydrogen-bond acceptors (Lipinski definition) is 8. The number of rotatable bonds is 19. The Balaban J connectivity index is 1.14. The standard InChI is InChI=1S/C47H57N7O6/c1-32(2)24-40(43(55)27-44(56)50-37-20-22-54(23-21-37)29-33-12-5-3-6-13-33)51-46(58)42(26-38-28-48-31-49-38)52-45(57)41(53-47(59)60-30-34-14-7-4-8-15-34)25-36-18-11-17-35-16-9-10-19-39(35)36/h3-19,28,31-32,37,40-43,55H,20-27,29-30H2,1-2H3,(H,48,49)(H,50,56)(H,51,58)(H,52,57)(H,53,59)/t40-,41-,42-,43-/m0/s1/i/hD. The number of carbonyl (C=O) groups is 4. The molecule has 1 saturated heterocycles. The molecule has 1 aromatic heterocycles. The smallest absolute Gasteiger partial charge is 0.408 e. The third kappa shape index (κ3) is 13.2. The summed E-state index contributed by atoms with van der Waals surface area (Å²) in [5, 5.41) is 22.6. The summed E-state index contributed by atoms with van der Waals surface area (Å²) in [4.78, 5) is 64.8. The number of aromatic amines is 1. The number of H-pyrrole nitrogens is 1. The highest BCUT2D eigenvalue weighted by atomic mass is 16.5. The molecule has 0 unspecified atom stereocenters. The lowest BCUT2D eigenvalue weighted by Gasteiger charge is -2.33. The molecule has 2 heterocycles. The number of aliphatic hydroxyl groups is 1. The summed E-state index contributed by atoms with van der Waals surface area (Å²) in [5.74, 6) is -1.62. The van der Waals surface area contributed by atoms with Gasteiger partial charge in [0.25, 0.3) is 0 Å². The fourth-order valence-electron chi connectivity index (χ4n) is 7.65. The minimum atomic E-state index is -1.41. The van der Waals surface area contributed by atoms with Crippen LogP contribution in [0.25, 0.3) is 10.8 Å². The summed E-state index contributed by atoms with van der Waals surface area (Å²) < 4.78 is 14.4. The Morgan fingerprint density at radius 3 is 2.22 bits per heavy atom. The second-order valence-electron chi connectivity index (χ2n) is 16.0. The van der Waals surface area contributed by atoms with Crippen LogP contribution < -0.4 is 21.3 Å². The van der Waals surface area contributed by atoms with Gasteiger partial charge in [0.15, 0.2) is 1.41 Å². The van der Waals surface area contributed by atoms with Crippen LogP contribution in [0.15, 0.2) is 116 Å². The van der Waals surface area contributed by atoms with Crippen molar-refractivity contribution in [2.75, 3.05) is 13.1 Å². The zero-order valence-electron chi connectivity index (χ0n) is 35.3. The van der Waals surface area contributed by atoms with Crippen LogP contribution in [-0.2, 0) is 45.1 Å². The Morgan fingerprint density at radius 1 is 0.850 bits per heavy atom. The molecule has 4 aromatic carbocycles. The number of hydrogen-bond donors (Lipinski definition) is 6. The van der Waals surface area contributed by atoms with E-state index in [-0.39, 0.29) is 43.7 Å². The van der Waals surface area contributed by atoms with Gasteiger partial charge in [-0.15, -0.1) is 0 Å². The van der Waals surface area contributed by atoms with Crippen molar-refractivity contribution >= 4 is 34.6 Å². The molecule has 1 aliphatic heterocycles. The lowest BCUT2D eigenvalue weighted by molar-refractivity contribution is -0.131. The molecule has 1 aliphatic rings. The van der Waals surface area contributed by atoms with E-state index in [0.717, 1.165) is 48.8 Å². The quantitative estimate of drug-likeness (QED) is 0.0660. The van der Waals surface area contributed by atoms with Gasteiger partial charge in [0, 0.05) is 50.4 Å². The van der Waals surface area contributed by atoms with Crippen LogP contribution in [0.4, 0.5) is 4.79 Å². The Morgan fingerprint density at radius 2 is 1.52 bits per heavy atom. The fourth-order valence-corrected chi connectivity index (χ4v) is 7.65. The third-order valence-corrected chi connectivity index (χ3v) is 10.8. The Hall–Kier alpha value is -6.05. The predicted octanol–water partition coefficient (Wildman–Crippen LogP) is 5.19. The molecule has 6 N–H and O–H groups in total. The zero-order chi connectivity index (χ0) is 43.1. The average Bonchev–Trinajstić information content (AvgIpc) is 3.78.